The summed E-state index contributed by atoms with van der Waals surface area (Å²) in [5, 5.41) is 10.5. The van der Waals surface area contributed by atoms with E-state index in [4.69, 9.17) is 9.47 Å². The molecule has 0 aromatic heterocycles. The van der Waals surface area contributed by atoms with E-state index < -0.39 is 8.07 Å². The Morgan fingerprint density at radius 1 is 1.09 bits per heavy atom. The van der Waals surface area contributed by atoms with Crippen molar-refractivity contribution in [2.75, 3.05) is 19.5 Å². The van der Waals surface area contributed by atoms with Crippen LogP contribution in [0.25, 0.3) is 5.57 Å². The first-order valence-electron chi connectivity index (χ1n) is 8.38. The summed E-state index contributed by atoms with van der Waals surface area (Å²) in [6.07, 6.45) is 3.82. The van der Waals surface area contributed by atoms with Crippen molar-refractivity contribution in [2.24, 2.45) is 0 Å². The summed E-state index contributed by atoms with van der Waals surface area (Å²) >= 11 is 0. The van der Waals surface area contributed by atoms with Gasteiger partial charge in [-0.2, -0.15) is 0 Å². The monoisotopic (exact) mass is 330 g/mol. The molecule has 23 heavy (non-hydrogen) atoms. The Morgan fingerprint density at radius 3 is 2.57 bits per heavy atom. The molecule has 1 N–H and O–H groups in total. The van der Waals surface area contributed by atoms with Crippen LogP contribution in [0.2, 0.25) is 19.6 Å². The van der Waals surface area contributed by atoms with Gasteiger partial charge in [-0.05, 0) is 23.3 Å². The van der Waals surface area contributed by atoms with Crippen molar-refractivity contribution in [3.8, 4) is 11.5 Å². The highest BCUT2D eigenvalue weighted by molar-refractivity contribution is 6.76. The lowest BCUT2D eigenvalue weighted by atomic mass is 9.96. The second-order valence-electron chi connectivity index (χ2n) is 7.86. The summed E-state index contributed by atoms with van der Waals surface area (Å²) in [6, 6.07) is 4.17. The van der Waals surface area contributed by atoms with Crippen LogP contribution in [0, 0.1) is 0 Å². The molecule has 122 valence electrons. The molecule has 3 aliphatic rings. The molecule has 2 aliphatic heterocycles. The lowest BCUT2D eigenvalue weighted by Gasteiger charge is -2.15. The van der Waals surface area contributed by atoms with Crippen molar-refractivity contribution < 1.29 is 19.2 Å². The Morgan fingerprint density at radius 2 is 1.83 bits per heavy atom. The number of aliphatic hydroxyl groups is 1. The van der Waals surface area contributed by atoms with Gasteiger partial charge in [0, 0.05) is 19.3 Å². The van der Waals surface area contributed by atoms with E-state index in [2.05, 4.69) is 36.3 Å². The van der Waals surface area contributed by atoms with E-state index >= 15 is 0 Å². The molecule has 0 radical (unpaired) electrons. The van der Waals surface area contributed by atoms with Gasteiger partial charge in [-0.15, -0.1) is 0 Å². The van der Waals surface area contributed by atoms with Crippen LogP contribution in [-0.4, -0.2) is 43.0 Å². The first-order chi connectivity index (χ1) is 10.9. The predicted molar refractivity (Wildman–Crippen MR) is 93.4 cm³/mol. The third kappa shape index (κ3) is 2.57. The Kier molecular flexibility index (Phi) is 3.30. The Bertz CT molecular complexity index is 743. The number of rotatable bonds is 2. The van der Waals surface area contributed by atoms with E-state index in [9.17, 15) is 5.11 Å². The smallest absolute Gasteiger partial charge is 0.231 e. The van der Waals surface area contributed by atoms with Crippen molar-refractivity contribution in [3.63, 3.8) is 0 Å². The lowest BCUT2D eigenvalue weighted by Crippen LogP contribution is -2.38. The average molecular weight is 330 g/mol. The number of aliphatic hydroxyl groups excluding tert-OH is 1. The largest absolute Gasteiger partial charge is 0.511 e. The average Bonchev–Trinajstić information content (AvgIpc) is 3.03. The summed E-state index contributed by atoms with van der Waals surface area (Å²) < 4.78 is 13.6. The van der Waals surface area contributed by atoms with Gasteiger partial charge in [-0.3, -0.25) is 0 Å². The van der Waals surface area contributed by atoms with Gasteiger partial charge in [-0.1, -0.05) is 19.6 Å². The minimum Gasteiger partial charge on any atom is -0.511 e. The maximum atomic E-state index is 10.5. The Labute approximate surface area is 138 Å². The number of hydrogen-bond donors (Lipinski definition) is 1. The predicted octanol–water partition coefficient (Wildman–Crippen LogP) is 3.37. The van der Waals surface area contributed by atoms with Crippen molar-refractivity contribution in [1.29, 1.82) is 0 Å². The number of benzene rings is 1. The van der Waals surface area contributed by atoms with Gasteiger partial charge >= 0.3 is 0 Å². The van der Waals surface area contributed by atoms with Crippen molar-refractivity contribution in [1.82, 2.24) is 0 Å². The molecule has 1 aromatic rings. The number of hydrogen-bond acceptors (Lipinski definition) is 3. The standard InChI is InChI=1S/C18H23NO3Si/c1-23(2,3)10-19-7-6-12-8-16-17(22-11-21-16)9-13(12)18-14(19)4-5-15(18)20/h8-9H,4-7,10-11H2,1-3H3/p+1. The molecule has 0 spiro atoms. The fourth-order valence-corrected chi connectivity index (χ4v) is 5.34. The summed E-state index contributed by atoms with van der Waals surface area (Å²) in [5.74, 6) is 2.17. The summed E-state index contributed by atoms with van der Waals surface area (Å²) in [5.41, 5.74) is 4.77. The minimum atomic E-state index is -1.22. The third-order valence-corrected chi connectivity index (χ3v) is 6.07. The van der Waals surface area contributed by atoms with Gasteiger partial charge in [0.15, 0.2) is 17.2 Å². The molecular formula is C18H24NO3Si+. The Balaban J connectivity index is 1.85. The number of ether oxygens (including phenoxy) is 2. The van der Waals surface area contributed by atoms with Crippen molar-refractivity contribution in [2.45, 2.75) is 38.9 Å². The molecule has 4 rings (SSSR count). The van der Waals surface area contributed by atoms with Crippen LogP contribution in [-0.2, 0) is 6.42 Å². The van der Waals surface area contributed by atoms with E-state index in [0.29, 0.717) is 12.6 Å². The maximum Gasteiger partial charge on any atom is 0.231 e. The molecule has 0 amide bonds. The van der Waals surface area contributed by atoms with Gasteiger partial charge in [0.05, 0.1) is 5.57 Å². The molecule has 1 aliphatic carbocycles. The van der Waals surface area contributed by atoms with Gasteiger partial charge in [-0.25, -0.2) is 4.58 Å². The van der Waals surface area contributed by atoms with Gasteiger partial charge in [0.1, 0.15) is 26.5 Å². The molecule has 0 bridgehead atoms. The molecule has 0 saturated carbocycles. The number of nitrogens with zero attached hydrogens (tertiary/aromatic N) is 1. The van der Waals surface area contributed by atoms with Crippen LogP contribution in [0.15, 0.2) is 17.9 Å². The molecule has 0 saturated heterocycles. The molecular weight excluding hydrogens is 306 g/mol. The summed E-state index contributed by atoms with van der Waals surface area (Å²) in [4.78, 5) is 0. The molecule has 0 atom stereocenters. The van der Waals surface area contributed by atoms with Crippen LogP contribution in [0.1, 0.15) is 24.0 Å². The van der Waals surface area contributed by atoms with Crippen LogP contribution in [0.5, 0.6) is 11.5 Å². The number of allylic oxidation sites excluding steroid dienone is 2. The molecule has 0 fully saturated rings. The van der Waals surface area contributed by atoms with Crippen molar-refractivity contribution in [3.05, 3.63) is 29.0 Å². The topological polar surface area (TPSA) is 41.7 Å². The van der Waals surface area contributed by atoms with E-state index in [1.165, 1.54) is 11.3 Å². The number of fused-ring (bicyclic) bond motifs is 4. The first-order valence-corrected chi connectivity index (χ1v) is 12.1. The summed E-state index contributed by atoms with van der Waals surface area (Å²) in [7, 11) is -1.22. The highest BCUT2D eigenvalue weighted by Crippen LogP contribution is 2.41. The molecule has 1 aromatic carbocycles. The minimum absolute atomic E-state index is 0.293. The second-order valence-corrected chi connectivity index (χ2v) is 13.3. The van der Waals surface area contributed by atoms with E-state index in [1.807, 2.05) is 0 Å². The van der Waals surface area contributed by atoms with Gasteiger partial charge in [0.2, 0.25) is 6.79 Å². The molecule has 2 heterocycles. The zero-order chi connectivity index (χ0) is 16.2. The first kappa shape index (κ1) is 14.8. The normalized spacial score (nSPS) is 19.8. The SMILES string of the molecule is C[Si](C)(C)C[N+]1=C2CCC(O)=C2c2cc3c(cc2CC1)OCO3. The van der Waals surface area contributed by atoms with Crippen LogP contribution in [0.3, 0.4) is 0 Å². The second kappa shape index (κ2) is 5.13. The summed E-state index contributed by atoms with van der Waals surface area (Å²) in [6.45, 7) is 8.52. The van der Waals surface area contributed by atoms with Gasteiger partial charge in [0.25, 0.3) is 0 Å². The van der Waals surface area contributed by atoms with Gasteiger partial charge < -0.3 is 14.6 Å². The van der Waals surface area contributed by atoms with Crippen LogP contribution < -0.4 is 9.47 Å². The quantitative estimate of drug-likeness (QED) is 0.668. The van der Waals surface area contributed by atoms with E-state index in [0.717, 1.165) is 54.6 Å². The molecule has 5 heteroatoms. The fraction of sp³-hybridized carbons (Fsp3) is 0.500. The third-order valence-electron chi connectivity index (χ3n) is 4.74. The lowest BCUT2D eigenvalue weighted by molar-refractivity contribution is -0.510. The zero-order valence-corrected chi connectivity index (χ0v) is 15.1. The van der Waals surface area contributed by atoms with E-state index in [1.54, 1.807) is 0 Å². The van der Waals surface area contributed by atoms with Crippen LogP contribution in [0.4, 0.5) is 0 Å². The fourth-order valence-electron chi connectivity index (χ4n) is 3.84. The molecule has 4 nitrogen and oxygen atoms in total. The molecule has 0 unspecified atom stereocenters. The zero-order valence-electron chi connectivity index (χ0n) is 14.1. The highest BCUT2D eigenvalue weighted by atomic mass is 28.3. The maximum absolute atomic E-state index is 10.5. The highest BCUT2D eigenvalue weighted by Gasteiger charge is 2.36. The Hall–Kier alpha value is -1.75. The van der Waals surface area contributed by atoms with Crippen molar-refractivity contribution >= 4 is 19.4 Å². The van der Waals surface area contributed by atoms with E-state index in [-0.39, 0.29) is 0 Å². The van der Waals surface area contributed by atoms with Crippen LogP contribution >= 0.6 is 0 Å².